The van der Waals surface area contributed by atoms with E-state index in [1.54, 1.807) is 0 Å². The zero-order chi connectivity index (χ0) is 11.2. The third-order valence-corrected chi connectivity index (χ3v) is 2.36. The molecule has 0 aliphatic rings. The van der Waals surface area contributed by atoms with Crippen molar-refractivity contribution in [3.05, 3.63) is 54.0 Å². The number of aromatic nitrogens is 2. The van der Waals surface area contributed by atoms with Gasteiger partial charge in [-0.3, -0.25) is 4.98 Å². The van der Waals surface area contributed by atoms with E-state index in [0.717, 1.165) is 24.5 Å². The molecule has 16 heavy (non-hydrogen) atoms. The van der Waals surface area contributed by atoms with E-state index in [2.05, 4.69) is 15.3 Å². The molecular weight excluding hydrogens is 198 g/mol. The average Bonchev–Trinajstić information content (AvgIpc) is 2.30. The second-order valence-electron chi connectivity index (χ2n) is 3.70. The van der Waals surface area contributed by atoms with Crippen molar-refractivity contribution < 1.29 is 0 Å². The highest BCUT2D eigenvalue weighted by Crippen LogP contribution is 2.04. The van der Waals surface area contributed by atoms with Crippen LogP contribution in [0.3, 0.4) is 0 Å². The number of pyridine rings is 2. The van der Waals surface area contributed by atoms with Gasteiger partial charge in [-0.25, -0.2) is 4.98 Å². The van der Waals surface area contributed by atoms with E-state index >= 15 is 0 Å². The molecule has 0 bridgehead atoms. The molecule has 0 aromatic carbocycles. The minimum Gasteiger partial charge on any atom is -0.370 e. The Morgan fingerprint density at radius 1 is 1.12 bits per heavy atom. The predicted molar refractivity (Wildman–Crippen MR) is 65.4 cm³/mol. The van der Waals surface area contributed by atoms with Gasteiger partial charge in [-0.05, 0) is 43.2 Å². The van der Waals surface area contributed by atoms with Gasteiger partial charge in [-0.15, -0.1) is 0 Å². The number of hydrogen-bond acceptors (Lipinski definition) is 3. The summed E-state index contributed by atoms with van der Waals surface area (Å²) in [7, 11) is 0. The van der Waals surface area contributed by atoms with Crippen LogP contribution in [-0.4, -0.2) is 16.5 Å². The molecule has 2 aromatic rings. The van der Waals surface area contributed by atoms with Crippen LogP contribution in [0.5, 0.6) is 0 Å². The fourth-order valence-corrected chi connectivity index (χ4v) is 1.53. The van der Waals surface area contributed by atoms with Crippen molar-refractivity contribution in [1.82, 2.24) is 9.97 Å². The van der Waals surface area contributed by atoms with E-state index < -0.39 is 0 Å². The van der Waals surface area contributed by atoms with Crippen molar-refractivity contribution in [2.75, 3.05) is 11.9 Å². The van der Waals surface area contributed by atoms with Crippen molar-refractivity contribution in [2.24, 2.45) is 0 Å². The van der Waals surface area contributed by atoms with Crippen LogP contribution < -0.4 is 5.32 Å². The standard InChI is InChI=1S/C13H15N3/c1-11-3-2-4-13(16-11)15-10-7-12-5-8-14-9-6-12/h2-6,8-9H,7,10H2,1H3,(H,15,16). The minimum atomic E-state index is 0.889. The van der Waals surface area contributed by atoms with Crippen molar-refractivity contribution in [1.29, 1.82) is 0 Å². The molecule has 0 spiro atoms. The molecule has 3 nitrogen and oxygen atoms in total. The Balaban J connectivity index is 1.85. The minimum absolute atomic E-state index is 0.889. The summed E-state index contributed by atoms with van der Waals surface area (Å²) in [5.74, 6) is 0.939. The van der Waals surface area contributed by atoms with Gasteiger partial charge in [-0.1, -0.05) is 6.07 Å². The summed E-state index contributed by atoms with van der Waals surface area (Å²) in [6, 6.07) is 10.1. The molecule has 1 N–H and O–H groups in total. The molecule has 0 fully saturated rings. The Morgan fingerprint density at radius 3 is 2.69 bits per heavy atom. The van der Waals surface area contributed by atoms with E-state index in [4.69, 9.17) is 0 Å². The Bertz CT molecular complexity index is 440. The summed E-state index contributed by atoms with van der Waals surface area (Å²) in [6.07, 6.45) is 4.62. The molecule has 0 amide bonds. The molecule has 0 radical (unpaired) electrons. The molecular formula is C13H15N3. The number of nitrogens with one attached hydrogen (secondary N) is 1. The van der Waals surface area contributed by atoms with Gasteiger partial charge in [0, 0.05) is 24.6 Å². The normalized spacial score (nSPS) is 10.1. The molecule has 82 valence electrons. The molecule has 0 aliphatic carbocycles. The smallest absolute Gasteiger partial charge is 0.126 e. The first-order valence-electron chi connectivity index (χ1n) is 5.41. The predicted octanol–water partition coefficient (Wildman–Crippen LogP) is 2.44. The molecule has 0 saturated heterocycles. The average molecular weight is 213 g/mol. The maximum Gasteiger partial charge on any atom is 0.126 e. The zero-order valence-electron chi connectivity index (χ0n) is 9.35. The number of nitrogens with zero attached hydrogens (tertiary/aromatic N) is 2. The summed E-state index contributed by atoms with van der Waals surface area (Å²) >= 11 is 0. The molecule has 0 unspecified atom stereocenters. The molecule has 0 aliphatic heterocycles. The number of rotatable bonds is 4. The number of aryl methyl sites for hydroxylation is 1. The van der Waals surface area contributed by atoms with Crippen molar-refractivity contribution in [2.45, 2.75) is 13.3 Å². The highest BCUT2D eigenvalue weighted by molar-refractivity contribution is 5.35. The van der Waals surface area contributed by atoms with E-state index in [-0.39, 0.29) is 0 Å². The first-order valence-corrected chi connectivity index (χ1v) is 5.41. The third kappa shape index (κ3) is 3.05. The van der Waals surface area contributed by atoms with Gasteiger partial charge < -0.3 is 5.32 Å². The van der Waals surface area contributed by atoms with E-state index in [1.807, 2.05) is 49.6 Å². The van der Waals surface area contributed by atoms with E-state index in [1.165, 1.54) is 5.56 Å². The largest absolute Gasteiger partial charge is 0.370 e. The highest BCUT2D eigenvalue weighted by Gasteiger charge is 1.94. The first-order chi connectivity index (χ1) is 7.84. The van der Waals surface area contributed by atoms with Crippen molar-refractivity contribution in [3.63, 3.8) is 0 Å². The lowest BCUT2D eigenvalue weighted by Crippen LogP contribution is -2.06. The van der Waals surface area contributed by atoms with Gasteiger partial charge in [-0.2, -0.15) is 0 Å². The second kappa shape index (κ2) is 5.26. The SMILES string of the molecule is Cc1cccc(NCCc2ccncc2)n1. The Labute approximate surface area is 95.6 Å². The molecule has 0 atom stereocenters. The maximum atomic E-state index is 4.38. The molecule has 2 heterocycles. The maximum absolute atomic E-state index is 4.38. The summed E-state index contributed by atoms with van der Waals surface area (Å²) in [4.78, 5) is 8.37. The summed E-state index contributed by atoms with van der Waals surface area (Å²) in [5.41, 5.74) is 2.32. The Hall–Kier alpha value is -1.90. The van der Waals surface area contributed by atoms with Crippen LogP contribution in [0, 0.1) is 6.92 Å². The Morgan fingerprint density at radius 2 is 1.94 bits per heavy atom. The fourth-order valence-electron chi connectivity index (χ4n) is 1.53. The number of hydrogen-bond donors (Lipinski definition) is 1. The van der Waals surface area contributed by atoms with E-state index in [9.17, 15) is 0 Å². The molecule has 2 aromatic heterocycles. The summed E-state index contributed by atoms with van der Waals surface area (Å²) in [5, 5.41) is 3.30. The quantitative estimate of drug-likeness (QED) is 0.847. The van der Waals surface area contributed by atoms with Crippen LogP contribution in [0.15, 0.2) is 42.7 Å². The summed E-state index contributed by atoms with van der Waals surface area (Å²) < 4.78 is 0. The van der Waals surface area contributed by atoms with Gasteiger partial charge in [0.15, 0.2) is 0 Å². The van der Waals surface area contributed by atoms with Crippen LogP contribution in [0.1, 0.15) is 11.3 Å². The second-order valence-corrected chi connectivity index (χ2v) is 3.70. The lowest BCUT2D eigenvalue weighted by atomic mass is 10.2. The first kappa shape index (κ1) is 10.6. The molecule has 2 rings (SSSR count). The van der Waals surface area contributed by atoms with Gasteiger partial charge in [0.25, 0.3) is 0 Å². The Kier molecular flexibility index (Phi) is 3.49. The van der Waals surface area contributed by atoms with Gasteiger partial charge in [0.05, 0.1) is 0 Å². The molecule has 3 heteroatoms. The topological polar surface area (TPSA) is 37.8 Å². The highest BCUT2D eigenvalue weighted by atomic mass is 15.0. The van der Waals surface area contributed by atoms with Crippen LogP contribution >= 0.6 is 0 Å². The molecule has 0 saturated carbocycles. The van der Waals surface area contributed by atoms with Crippen molar-refractivity contribution >= 4 is 5.82 Å². The summed E-state index contributed by atoms with van der Waals surface area (Å²) in [6.45, 7) is 2.88. The van der Waals surface area contributed by atoms with Crippen LogP contribution in [0.25, 0.3) is 0 Å². The van der Waals surface area contributed by atoms with Gasteiger partial charge in [0.1, 0.15) is 5.82 Å². The zero-order valence-corrected chi connectivity index (χ0v) is 9.35. The van der Waals surface area contributed by atoms with Crippen LogP contribution in [0.4, 0.5) is 5.82 Å². The van der Waals surface area contributed by atoms with Crippen LogP contribution in [-0.2, 0) is 6.42 Å². The third-order valence-electron chi connectivity index (χ3n) is 2.36. The van der Waals surface area contributed by atoms with Crippen molar-refractivity contribution in [3.8, 4) is 0 Å². The number of anilines is 1. The lowest BCUT2D eigenvalue weighted by Gasteiger charge is -2.05. The monoisotopic (exact) mass is 213 g/mol. The fraction of sp³-hybridized carbons (Fsp3) is 0.231. The van der Waals surface area contributed by atoms with Crippen LogP contribution in [0.2, 0.25) is 0 Å². The van der Waals surface area contributed by atoms with E-state index in [0.29, 0.717) is 0 Å². The van der Waals surface area contributed by atoms with Gasteiger partial charge >= 0.3 is 0 Å². The van der Waals surface area contributed by atoms with Gasteiger partial charge in [0.2, 0.25) is 0 Å². The lowest BCUT2D eigenvalue weighted by molar-refractivity contribution is 0.995.